The van der Waals surface area contributed by atoms with Gasteiger partial charge in [0, 0.05) is 18.0 Å². The Kier molecular flexibility index (Phi) is 7.14. The van der Waals surface area contributed by atoms with E-state index < -0.39 is 40.7 Å². The molecule has 1 N–H and O–H groups in total. The topological polar surface area (TPSA) is 74.2 Å². The van der Waals surface area contributed by atoms with E-state index in [0.29, 0.717) is 17.3 Å². The van der Waals surface area contributed by atoms with Crippen LogP contribution in [0, 0.1) is 17.5 Å². The zero-order valence-electron chi connectivity index (χ0n) is 19.7. The highest BCUT2D eigenvalue weighted by Gasteiger charge is 2.55. The summed E-state index contributed by atoms with van der Waals surface area (Å²) in [5.41, 5.74) is -0.805. The van der Waals surface area contributed by atoms with Crippen LogP contribution in [0.2, 0.25) is 0 Å². The number of nitrogens with one attached hydrogen (secondary N) is 1. The average Bonchev–Trinajstić information content (AvgIpc) is 3.49. The van der Waals surface area contributed by atoms with E-state index in [1.165, 1.54) is 60.8 Å². The van der Waals surface area contributed by atoms with Crippen LogP contribution in [0.3, 0.4) is 0 Å². The first-order valence-electron chi connectivity index (χ1n) is 10.9. The molecule has 0 aliphatic carbocycles. The molecule has 0 bridgehead atoms. The van der Waals surface area contributed by atoms with Gasteiger partial charge in [-0.3, -0.25) is 14.4 Å². The summed E-state index contributed by atoms with van der Waals surface area (Å²) in [5.74, 6) is -4.02. The van der Waals surface area contributed by atoms with E-state index in [0.717, 1.165) is 16.0 Å². The number of hydroxylamine groups is 2. The van der Waals surface area contributed by atoms with Gasteiger partial charge >= 0.3 is 0 Å². The van der Waals surface area contributed by atoms with Gasteiger partial charge in [-0.1, -0.05) is 18.2 Å². The Hall–Kier alpha value is -3.70. The number of hydrogen-bond acceptors (Lipinski definition) is 6. The van der Waals surface area contributed by atoms with Crippen molar-refractivity contribution in [3.05, 3.63) is 87.9 Å². The van der Waals surface area contributed by atoms with Crippen molar-refractivity contribution >= 4 is 34.6 Å². The van der Waals surface area contributed by atoms with Crippen molar-refractivity contribution in [3.8, 4) is 0 Å². The van der Waals surface area contributed by atoms with Crippen LogP contribution in [0.4, 0.5) is 18.9 Å². The number of carbonyl (C=O) groups is 2. The normalized spacial score (nSPS) is 19.2. The van der Waals surface area contributed by atoms with Gasteiger partial charge in [0.1, 0.15) is 11.6 Å². The Labute approximate surface area is 209 Å². The van der Waals surface area contributed by atoms with E-state index in [4.69, 9.17) is 4.84 Å². The summed E-state index contributed by atoms with van der Waals surface area (Å²) >= 11 is 1.37. The molecule has 3 aromatic rings. The summed E-state index contributed by atoms with van der Waals surface area (Å²) in [7, 11) is 2.71. The number of thiophene rings is 1. The van der Waals surface area contributed by atoms with Crippen molar-refractivity contribution in [3.63, 3.8) is 0 Å². The number of halogens is 3. The zero-order valence-corrected chi connectivity index (χ0v) is 20.5. The average molecular weight is 517 g/mol. The van der Waals surface area contributed by atoms with Gasteiger partial charge in [-0.25, -0.2) is 23.2 Å². The van der Waals surface area contributed by atoms with Crippen LogP contribution in [-0.4, -0.2) is 48.8 Å². The lowest BCUT2D eigenvalue weighted by Gasteiger charge is -2.37. The van der Waals surface area contributed by atoms with Gasteiger partial charge in [0.2, 0.25) is 5.91 Å². The fourth-order valence-corrected chi connectivity index (χ4v) is 5.05. The van der Waals surface area contributed by atoms with Crippen LogP contribution in [0.5, 0.6) is 0 Å². The molecule has 1 aliphatic heterocycles. The molecular formula is C25H23F3N4O3S. The summed E-state index contributed by atoms with van der Waals surface area (Å²) < 4.78 is 42.4. The molecule has 2 heterocycles. The van der Waals surface area contributed by atoms with Crippen molar-refractivity contribution in [2.75, 3.05) is 25.7 Å². The molecule has 36 heavy (non-hydrogen) atoms. The third kappa shape index (κ3) is 4.59. The number of hydrazone groups is 1. The van der Waals surface area contributed by atoms with E-state index in [-0.39, 0.29) is 12.2 Å². The molecule has 0 saturated carbocycles. The molecule has 11 heteroatoms. The molecule has 7 nitrogen and oxygen atoms in total. The Morgan fingerprint density at radius 3 is 2.44 bits per heavy atom. The van der Waals surface area contributed by atoms with E-state index in [1.54, 1.807) is 13.0 Å². The molecule has 0 spiro atoms. The fourth-order valence-electron chi connectivity index (χ4n) is 4.10. The summed E-state index contributed by atoms with van der Waals surface area (Å²) in [5, 5.41) is 11.2. The highest BCUT2D eigenvalue weighted by Crippen LogP contribution is 2.46. The molecule has 0 saturated heterocycles. The molecule has 2 aromatic carbocycles. The lowest BCUT2D eigenvalue weighted by Crippen LogP contribution is -2.58. The standard InChI is InChI=1S/C25H23F3N4O3S/c1-25(24(34)29-14-21(33)31(2)35-3)22(20-5-4-12-36-20)23(15-6-8-16(26)9-7-15)30-32(25)19-11-10-17(27)13-18(19)28/h4-13,22H,14H2,1-3H3,(H,29,34). The largest absolute Gasteiger partial charge is 0.345 e. The summed E-state index contributed by atoms with van der Waals surface area (Å²) in [6, 6.07) is 12.2. The van der Waals surface area contributed by atoms with Crippen LogP contribution in [0.15, 0.2) is 65.1 Å². The molecule has 1 aromatic heterocycles. The molecule has 1 aliphatic rings. The number of rotatable bonds is 7. The molecule has 0 radical (unpaired) electrons. The van der Waals surface area contributed by atoms with Crippen molar-refractivity contribution in [1.29, 1.82) is 0 Å². The number of nitrogens with zero attached hydrogens (tertiary/aromatic N) is 3. The van der Waals surface area contributed by atoms with Crippen molar-refractivity contribution in [2.24, 2.45) is 5.10 Å². The molecular weight excluding hydrogens is 493 g/mol. The first-order valence-corrected chi connectivity index (χ1v) is 11.8. The SMILES string of the molecule is CON(C)C(=O)CNC(=O)C1(C)C(c2cccs2)C(c2ccc(F)cc2)=NN1c1ccc(F)cc1F. The van der Waals surface area contributed by atoms with Crippen molar-refractivity contribution in [1.82, 2.24) is 10.4 Å². The quantitative estimate of drug-likeness (QED) is 0.481. The van der Waals surface area contributed by atoms with E-state index in [2.05, 4.69) is 10.4 Å². The number of likely N-dealkylation sites (N-methyl/N-ethyl adjacent to an activating group) is 1. The zero-order chi connectivity index (χ0) is 26.0. The van der Waals surface area contributed by atoms with E-state index in [1.807, 2.05) is 11.4 Å². The highest BCUT2D eigenvalue weighted by atomic mass is 32.1. The van der Waals surface area contributed by atoms with E-state index >= 15 is 4.39 Å². The maximum Gasteiger partial charge on any atom is 0.265 e. The third-order valence-electron chi connectivity index (χ3n) is 6.07. The molecule has 2 atom stereocenters. The maximum absolute atomic E-state index is 15.0. The number of carbonyl (C=O) groups excluding carboxylic acids is 2. The van der Waals surface area contributed by atoms with Crippen LogP contribution in [0.25, 0.3) is 0 Å². The smallest absolute Gasteiger partial charge is 0.265 e. The molecule has 2 amide bonds. The summed E-state index contributed by atoms with van der Waals surface area (Å²) in [6.07, 6.45) is 0. The third-order valence-corrected chi connectivity index (χ3v) is 7.01. The lowest BCUT2D eigenvalue weighted by molar-refractivity contribution is -0.168. The Morgan fingerprint density at radius 2 is 1.83 bits per heavy atom. The van der Waals surface area contributed by atoms with Gasteiger partial charge in [-0.2, -0.15) is 5.10 Å². The van der Waals surface area contributed by atoms with Crippen molar-refractivity contribution < 1.29 is 27.6 Å². The number of amides is 2. The maximum atomic E-state index is 15.0. The second kappa shape index (κ2) is 10.1. The van der Waals surface area contributed by atoms with Gasteiger partial charge in [-0.15, -0.1) is 11.3 Å². The monoisotopic (exact) mass is 516 g/mol. The van der Waals surface area contributed by atoms with Gasteiger partial charge in [-0.05, 0) is 48.2 Å². The van der Waals surface area contributed by atoms with Crippen molar-refractivity contribution in [2.45, 2.75) is 18.4 Å². The molecule has 2 unspecified atom stereocenters. The predicted molar refractivity (Wildman–Crippen MR) is 130 cm³/mol. The van der Waals surface area contributed by atoms with Gasteiger partial charge in [0.05, 0.1) is 31.0 Å². The van der Waals surface area contributed by atoms with Gasteiger partial charge < -0.3 is 5.32 Å². The summed E-state index contributed by atoms with van der Waals surface area (Å²) in [6.45, 7) is 1.18. The minimum absolute atomic E-state index is 0.131. The number of hydrogen-bond donors (Lipinski definition) is 1. The first kappa shape index (κ1) is 25.4. The number of benzene rings is 2. The Balaban J connectivity index is 1.86. The first-order chi connectivity index (χ1) is 17.2. The second-order valence-corrected chi connectivity index (χ2v) is 9.23. The Morgan fingerprint density at radius 1 is 1.14 bits per heavy atom. The van der Waals surface area contributed by atoms with Crippen LogP contribution < -0.4 is 10.3 Å². The molecule has 0 fully saturated rings. The Bertz CT molecular complexity index is 1300. The lowest BCUT2D eigenvalue weighted by atomic mass is 9.78. The van der Waals surface area contributed by atoms with Gasteiger partial charge in [0.25, 0.3) is 5.91 Å². The number of anilines is 1. The van der Waals surface area contributed by atoms with Crippen LogP contribution >= 0.6 is 11.3 Å². The second-order valence-electron chi connectivity index (χ2n) is 8.25. The van der Waals surface area contributed by atoms with E-state index in [9.17, 15) is 18.4 Å². The molecule has 188 valence electrons. The molecule has 4 rings (SSSR count). The van der Waals surface area contributed by atoms with Crippen LogP contribution in [-0.2, 0) is 14.4 Å². The highest BCUT2D eigenvalue weighted by molar-refractivity contribution is 7.10. The van der Waals surface area contributed by atoms with Crippen LogP contribution in [0.1, 0.15) is 23.3 Å². The predicted octanol–water partition coefficient (Wildman–Crippen LogP) is 4.07. The minimum atomic E-state index is -1.58. The van der Waals surface area contributed by atoms with Gasteiger partial charge in [0.15, 0.2) is 11.4 Å². The minimum Gasteiger partial charge on any atom is -0.345 e. The fraction of sp³-hybridized carbons (Fsp3) is 0.240. The summed E-state index contributed by atoms with van der Waals surface area (Å²) in [4.78, 5) is 31.7.